The molecule has 1 saturated heterocycles. The number of piperidine rings is 1. The van der Waals surface area contributed by atoms with Gasteiger partial charge in [0.25, 0.3) is 0 Å². The number of nitriles is 1. The topological polar surface area (TPSA) is 99.2 Å². The third-order valence-corrected chi connectivity index (χ3v) is 7.91. The van der Waals surface area contributed by atoms with Gasteiger partial charge in [0.1, 0.15) is 6.07 Å². The Balaban J connectivity index is 1.53. The zero-order chi connectivity index (χ0) is 21.1. The fraction of sp³-hybridized carbons (Fsp3) is 0.545. The molecule has 4 rings (SSSR count). The maximum atomic E-state index is 12.9. The number of hydrogen-bond donors (Lipinski definition) is 1. The number of oxazole rings is 1. The number of anilines is 1. The zero-order valence-corrected chi connectivity index (χ0v) is 18.1. The Morgan fingerprint density at radius 2 is 1.87 bits per heavy atom. The molecule has 2 heterocycles. The van der Waals surface area contributed by atoms with Gasteiger partial charge < -0.3 is 9.73 Å². The predicted octanol–water partition coefficient (Wildman–Crippen LogP) is 4.38. The molecule has 0 bridgehead atoms. The average molecular weight is 429 g/mol. The molecule has 1 aliphatic carbocycles. The maximum Gasteiger partial charge on any atom is 0.243 e. The van der Waals surface area contributed by atoms with Crippen LogP contribution >= 0.6 is 0 Å². The molecular formula is C22H28N4O3S. The Morgan fingerprint density at radius 1 is 1.13 bits per heavy atom. The van der Waals surface area contributed by atoms with Gasteiger partial charge in [0.15, 0.2) is 0 Å². The minimum Gasteiger partial charge on any atom is -0.419 e. The zero-order valence-electron chi connectivity index (χ0n) is 17.3. The van der Waals surface area contributed by atoms with Crippen molar-refractivity contribution in [2.24, 2.45) is 5.92 Å². The van der Waals surface area contributed by atoms with Crippen molar-refractivity contribution in [3.05, 3.63) is 30.0 Å². The standard InChI is InChI=1S/C22H28N4O3S/c1-16-6-5-13-26(15-16)30(27,28)19-11-9-17(10-12-19)21-25-20(14-23)22(29-21)24-18-7-3-2-4-8-18/h9-12,16,18,24H,2-8,13,15H2,1H3. The molecule has 1 N–H and O–H groups in total. The Labute approximate surface area is 178 Å². The average Bonchev–Trinajstić information content (AvgIpc) is 3.17. The van der Waals surface area contributed by atoms with Crippen molar-refractivity contribution >= 4 is 15.9 Å². The van der Waals surface area contributed by atoms with Crippen molar-refractivity contribution in [2.75, 3.05) is 18.4 Å². The SMILES string of the molecule is CC1CCCN(S(=O)(=O)c2ccc(-c3nc(C#N)c(NC4CCCCC4)o3)cc2)C1. The van der Waals surface area contributed by atoms with Crippen LogP contribution in [0.15, 0.2) is 33.6 Å². The van der Waals surface area contributed by atoms with Crippen molar-refractivity contribution in [3.63, 3.8) is 0 Å². The van der Waals surface area contributed by atoms with Crippen LogP contribution in [0.1, 0.15) is 57.6 Å². The second kappa shape index (κ2) is 8.78. The first-order chi connectivity index (χ1) is 14.5. The van der Waals surface area contributed by atoms with Crippen LogP contribution in [0.5, 0.6) is 0 Å². The van der Waals surface area contributed by atoms with E-state index in [9.17, 15) is 13.7 Å². The lowest BCUT2D eigenvalue weighted by Gasteiger charge is -2.30. The van der Waals surface area contributed by atoms with Gasteiger partial charge in [0.2, 0.25) is 27.5 Å². The van der Waals surface area contributed by atoms with Crippen LogP contribution in [0, 0.1) is 17.2 Å². The summed E-state index contributed by atoms with van der Waals surface area (Å²) < 4.78 is 33.3. The van der Waals surface area contributed by atoms with Gasteiger partial charge in [0, 0.05) is 24.7 Å². The summed E-state index contributed by atoms with van der Waals surface area (Å²) in [4.78, 5) is 4.58. The van der Waals surface area contributed by atoms with E-state index in [1.54, 1.807) is 28.6 Å². The molecule has 2 fully saturated rings. The summed E-state index contributed by atoms with van der Waals surface area (Å²) in [5.74, 6) is 1.10. The highest BCUT2D eigenvalue weighted by Crippen LogP contribution is 2.30. The van der Waals surface area contributed by atoms with Crippen molar-refractivity contribution < 1.29 is 12.8 Å². The maximum absolute atomic E-state index is 12.9. The molecule has 1 atom stereocenters. The molecular weight excluding hydrogens is 400 g/mol. The molecule has 30 heavy (non-hydrogen) atoms. The van der Waals surface area contributed by atoms with E-state index in [2.05, 4.69) is 23.3 Å². The van der Waals surface area contributed by atoms with Gasteiger partial charge in [-0.05, 0) is 55.9 Å². The molecule has 160 valence electrons. The Morgan fingerprint density at radius 3 is 2.53 bits per heavy atom. The Kier molecular flexibility index (Phi) is 6.11. The van der Waals surface area contributed by atoms with Crippen molar-refractivity contribution in [3.8, 4) is 17.5 Å². The quantitative estimate of drug-likeness (QED) is 0.759. The molecule has 8 heteroatoms. The molecule has 0 spiro atoms. The van der Waals surface area contributed by atoms with Crippen LogP contribution in [0.3, 0.4) is 0 Å². The molecule has 0 amide bonds. The molecule has 1 aliphatic heterocycles. The normalized spacial score (nSPS) is 21.3. The van der Waals surface area contributed by atoms with Crippen LogP contribution < -0.4 is 5.32 Å². The monoisotopic (exact) mass is 428 g/mol. The van der Waals surface area contributed by atoms with Crippen LogP contribution in [-0.4, -0.2) is 36.8 Å². The van der Waals surface area contributed by atoms with E-state index in [0.717, 1.165) is 25.7 Å². The van der Waals surface area contributed by atoms with E-state index in [-0.39, 0.29) is 10.6 Å². The van der Waals surface area contributed by atoms with Crippen molar-refractivity contribution in [2.45, 2.75) is 62.8 Å². The molecule has 2 aromatic rings. The summed E-state index contributed by atoms with van der Waals surface area (Å²) in [6, 6.07) is 8.95. The van der Waals surface area contributed by atoms with Crippen molar-refractivity contribution in [1.82, 2.24) is 9.29 Å². The van der Waals surface area contributed by atoms with Crippen LogP contribution in [0.4, 0.5) is 5.88 Å². The lowest BCUT2D eigenvalue weighted by molar-refractivity contribution is 0.281. The van der Waals surface area contributed by atoms with Crippen molar-refractivity contribution in [1.29, 1.82) is 5.26 Å². The van der Waals surface area contributed by atoms with Gasteiger partial charge in [0.05, 0.1) is 4.90 Å². The summed E-state index contributed by atoms with van der Waals surface area (Å²) in [7, 11) is -3.50. The fourth-order valence-corrected chi connectivity index (χ4v) is 5.93. The van der Waals surface area contributed by atoms with E-state index in [0.29, 0.717) is 42.4 Å². The highest BCUT2D eigenvalue weighted by Gasteiger charge is 2.29. The number of nitrogens with one attached hydrogen (secondary N) is 1. The second-order valence-electron chi connectivity index (χ2n) is 8.42. The first kappa shape index (κ1) is 20.9. The fourth-order valence-electron chi connectivity index (χ4n) is 4.33. The minimum absolute atomic E-state index is 0.231. The molecule has 7 nitrogen and oxygen atoms in total. The lowest BCUT2D eigenvalue weighted by atomic mass is 9.95. The van der Waals surface area contributed by atoms with Crippen LogP contribution in [0.25, 0.3) is 11.5 Å². The van der Waals surface area contributed by atoms with Gasteiger partial charge in [-0.2, -0.15) is 14.6 Å². The number of sulfonamides is 1. The number of benzene rings is 1. The van der Waals surface area contributed by atoms with E-state index in [1.807, 2.05) is 0 Å². The van der Waals surface area contributed by atoms with Gasteiger partial charge in [-0.1, -0.05) is 26.2 Å². The molecule has 2 aliphatic rings. The van der Waals surface area contributed by atoms with E-state index in [1.165, 1.54) is 19.3 Å². The van der Waals surface area contributed by atoms with Gasteiger partial charge in [-0.15, -0.1) is 0 Å². The summed E-state index contributed by atoms with van der Waals surface area (Å²) in [6.07, 6.45) is 7.66. The predicted molar refractivity (Wildman–Crippen MR) is 114 cm³/mol. The second-order valence-corrected chi connectivity index (χ2v) is 10.4. The third kappa shape index (κ3) is 4.37. The number of aromatic nitrogens is 1. The molecule has 1 aromatic carbocycles. The number of hydrogen-bond acceptors (Lipinski definition) is 6. The summed E-state index contributed by atoms with van der Waals surface area (Å²) in [6.45, 7) is 3.21. The minimum atomic E-state index is -3.50. The smallest absolute Gasteiger partial charge is 0.243 e. The van der Waals surface area contributed by atoms with E-state index >= 15 is 0 Å². The molecule has 0 radical (unpaired) electrons. The van der Waals surface area contributed by atoms with E-state index in [4.69, 9.17) is 4.42 Å². The van der Waals surface area contributed by atoms with E-state index < -0.39 is 10.0 Å². The van der Waals surface area contributed by atoms with Crippen LogP contribution in [-0.2, 0) is 10.0 Å². The van der Waals surface area contributed by atoms with Gasteiger partial charge in [-0.25, -0.2) is 8.42 Å². The third-order valence-electron chi connectivity index (χ3n) is 6.03. The number of rotatable bonds is 5. The summed E-state index contributed by atoms with van der Waals surface area (Å²) in [5.41, 5.74) is 0.878. The number of nitrogens with zero attached hydrogens (tertiary/aromatic N) is 3. The molecule has 1 unspecified atom stereocenters. The van der Waals surface area contributed by atoms with Gasteiger partial charge >= 0.3 is 0 Å². The highest BCUT2D eigenvalue weighted by atomic mass is 32.2. The summed E-state index contributed by atoms with van der Waals surface area (Å²) >= 11 is 0. The van der Waals surface area contributed by atoms with Gasteiger partial charge in [-0.3, -0.25) is 0 Å². The molecule has 1 saturated carbocycles. The highest BCUT2D eigenvalue weighted by molar-refractivity contribution is 7.89. The molecule has 1 aromatic heterocycles. The van der Waals surface area contributed by atoms with Crippen LogP contribution in [0.2, 0.25) is 0 Å². The lowest BCUT2D eigenvalue weighted by Crippen LogP contribution is -2.39. The Hall–Kier alpha value is -2.37. The summed E-state index contributed by atoms with van der Waals surface area (Å²) in [5, 5.41) is 12.7. The largest absolute Gasteiger partial charge is 0.419 e. The Bertz CT molecular complexity index is 1020. The first-order valence-electron chi connectivity index (χ1n) is 10.8. The first-order valence-corrected chi connectivity index (χ1v) is 12.2.